The van der Waals surface area contributed by atoms with E-state index in [0.717, 1.165) is 19.1 Å². The Kier molecular flexibility index (Phi) is 7.32. The molecule has 0 heterocycles. The summed E-state index contributed by atoms with van der Waals surface area (Å²) in [6.45, 7) is 1.16. The molecule has 0 aliphatic heterocycles. The molecule has 2 aromatic carbocycles. The number of hydrogen-bond acceptors (Lipinski definition) is 6. The van der Waals surface area contributed by atoms with E-state index in [-0.39, 0.29) is 10.6 Å². The summed E-state index contributed by atoms with van der Waals surface area (Å²) in [6.07, 6.45) is -4.65. The van der Waals surface area contributed by atoms with Gasteiger partial charge in [0.2, 0.25) is 0 Å². The van der Waals surface area contributed by atoms with Crippen LogP contribution in [0.3, 0.4) is 0 Å². The van der Waals surface area contributed by atoms with Crippen LogP contribution in [0.2, 0.25) is 5.02 Å². The third-order valence-electron chi connectivity index (χ3n) is 3.82. The number of nitro benzene ring substituents is 1. The van der Waals surface area contributed by atoms with Gasteiger partial charge in [-0.15, -0.1) is 11.8 Å². The molecule has 0 bridgehead atoms. The number of hydrogen-bond donors (Lipinski definition) is 1. The fourth-order valence-corrected chi connectivity index (χ4v) is 2.92. The van der Waals surface area contributed by atoms with Gasteiger partial charge >= 0.3 is 12.1 Å². The average molecular weight is 463 g/mol. The Labute approximate surface area is 177 Å². The Hall–Kier alpha value is -2.79. The van der Waals surface area contributed by atoms with Crippen molar-refractivity contribution >= 4 is 46.6 Å². The number of carbonyl (C=O) groups is 2. The van der Waals surface area contributed by atoms with Crippen molar-refractivity contribution in [1.82, 2.24) is 0 Å². The van der Waals surface area contributed by atoms with Gasteiger partial charge in [-0.1, -0.05) is 11.6 Å². The summed E-state index contributed by atoms with van der Waals surface area (Å²) in [6, 6.07) is 6.48. The van der Waals surface area contributed by atoms with Crippen LogP contribution in [0, 0.1) is 10.1 Å². The van der Waals surface area contributed by atoms with E-state index in [4.69, 9.17) is 16.3 Å². The number of anilines is 1. The number of nitrogens with one attached hydrogen (secondary N) is 1. The summed E-state index contributed by atoms with van der Waals surface area (Å²) in [7, 11) is 0. The molecular weight excluding hydrogens is 449 g/mol. The molecule has 0 fully saturated rings. The number of ether oxygens (including phenoxy) is 1. The van der Waals surface area contributed by atoms with Gasteiger partial charge in [0, 0.05) is 17.0 Å². The number of carbonyl (C=O) groups excluding carboxylic acids is 2. The highest BCUT2D eigenvalue weighted by molar-refractivity contribution is 7.98. The molecule has 12 heteroatoms. The minimum Gasteiger partial charge on any atom is -0.449 e. The van der Waals surface area contributed by atoms with Crippen LogP contribution in [0.25, 0.3) is 0 Å². The van der Waals surface area contributed by atoms with Crippen molar-refractivity contribution in [2.45, 2.75) is 24.1 Å². The molecule has 1 atom stereocenters. The van der Waals surface area contributed by atoms with E-state index in [1.807, 2.05) is 5.32 Å². The van der Waals surface area contributed by atoms with Crippen molar-refractivity contribution in [2.75, 3.05) is 11.6 Å². The Bertz CT molecular complexity index is 1000. The van der Waals surface area contributed by atoms with Gasteiger partial charge in [0.15, 0.2) is 6.10 Å². The van der Waals surface area contributed by atoms with Gasteiger partial charge in [-0.3, -0.25) is 14.9 Å². The van der Waals surface area contributed by atoms with Crippen LogP contribution in [-0.4, -0.2) is 29.2 Å². The zero-order valence-corrected chi connectivity index (χ0v) is 17.0. The first-order valence-electron chi connectivity index (χ1n) is 8.15. The summed E-state index contributed by atoms with van der Waals surface area (Å²) >= 11 is 7.30. The molecule has 1 amide bonds. The fraction of sp³-hybridized carbons (Fsp3) is 0.222. The minimum atomic E-state index is -4.96. The van der Waals surface area contributed by atoms with Gasteiger partial charge in [0.1, 0.15) is 0 Å². The third-order valence-corrected chi connectivity index (χ3v) is 4.88. The van der Waals surface area contributed by atoms with E-state index in [1.165, 1.54) is 23.9 Å². The lowest BCUT2D eigenvalue weighted by Crippen LogP contribution is -2.31. The molecule has 0 radical (unpaired) electrons. The van der Waals surface area contributed by atoms with E-state index in [1.54, 1.807) is 12.3 Å². The Morgan fingerprint density at radius 3 is 2.47 bits per heavy atom. The van der Waals surface area contributed by atoms with Gasteiger partial charge in [-0.2, -0.15) is 13.2 Å². The van der Waals surface area contributed by atoms with E-state index >= 15 is 0 Å². The number of nitro groups is 1. The summed E-state index contributed by atoms with van der Waals surface area (Å²) < 4.78 is 44.6. The maximum absolute atomic E-state index is 13.2. The minimum absolute atomic E-state index is 0.00511. The molecule has 0 aliphatic rings. The molecule has 1 unspecified atom stereocenters. The molecular formula is C18H14ClF3N2O5S. The normalized spacial score (nSPS) is 12.2. The van der Waals surface area contributed by atoms with E-state index in [2.05, 4.69) is 0 Å². The standard InChI is InChI=1S/C18H14ClF3N2O5S/c1-9(29-17(26)12-8-11(30-2)4-5-14(12)19)16(25)23-15-6-3-10(24(27)28)7-13(15)18(20,21)22/h3-9H,1-2H3,(H,23,25). The molecule has 2 aromatic rings. The summed E-state index contributed by atoms with van der Waals surface area (Å²) in [5.41, 5.74) is -2.90. The number of thioether (sulfide) groups is 1. The van der Waals surface area contributed by atoms with Crippen LogP contribution in [0.4, 0.5) is 24.5 Å². The number of amides is 1. The monoisotopic (exact) mass is 462 g/mol. The zero-order chi connectivity index (χ0) is 22.6. The van der Waals surface area contributed by atoms with Gasteiger partial charge < -0.3 is 10.1 Å². The Morgan fingerprint density at radius 1 is 1.23 bits per heavy atom. The molecule has 0 saturated heterocycles. The highest BCUT2D eigenvalue weighted by Gasteiger charge is 2.36. The van der Waals surface area contributed by atoms with Gasteiger partial charge in [0.05, 0.1) is 26.8 Å². The lowest BCUT2D eigenvalue weighted by molar-refractivity contribution is -0.385. The highest BCUT2D eigenvalue weighted by Crippen LogP contribution is 2.37. The first-order chi connectivity index (χ1) is 13.9. The molecule has 30 heavy (non-hydrogen) atoms. The summed E-state index contributed by atoms with van der Waals surface area (Å²) in [4.78, 5) is 35.0. The van der Waals surface area contributed by atoms with Gasteiger partial charge in [-0.05, 0) is 37.4 Å². The van der Waals surface area contributed by atoms with Crippen molar-refractivity contribution in [3.05, 3.63) is 62.7 Å². The second kappa shape index (κ2) is 9.35. The molecule has 0 aliphatic carbocycles. The first-order valence-corrected chi connectivity index (χ1v) is 9.75. The van der Waals surface area contributed by atoms with E-state index in [0.29, 0.717) is 11.0 Å². The topological polar surface area (TPSA) is 98.5 Å². The third kappa shape index (κ3) is 5.63. The SMILES string of the molecule is CSc1ccc(Cl)c(C(=O)OC(C)C(=O)Nc2ccc([N+](=O)[O-])cc2C(F)(F)F)c1. The fourth-order valence-electron chi connectivity index (χ4n) is 2.29. The second-order valence-electron chi connectivity index (χ2n) is 5.87. The second-order valence-corrected chi connectivity index (χ2v) is 7.15. The van der Waals surface area contributed by atoms with Crippen molar-refractivity contribution in [3.63, 3.8) is 0 Å². The molecule has 2 rings (SSSR count). The van der Waals surface area contributed by atoms with Crippen molar-refractivity contribution in [3.8, 4) is 0 Å². The lowest BCUT2D eigenvalue weighted by atomic mass is 10.1. The summed E-state index contributed by atoms with van der Waals surface area (Å²) in [5.74, 6) is -1.99. The van der Waals surface area contributed by atoms with Crippen LogP contribution >= 0.6 is 23.4 Å². The maximum atomic E-state index is 13.2. The molecule has 0 spiro atoms. The van der Waals surface area contributed by atoms with Crippen LogP contribution in [0.1, 0.15) is 22.8 Å². The Balaban J connectivity index is 2.20. The number of rotatable bonds is 6. The van der Waals surface area contributed by atoms with E-state index in [9.17, 15) is 32.9 Å². The Morgan fingerprint density at radius 2 is 1.90 bits per heavy atom. The number of benzene rings is 2. The smallest absolute Gasteiger partial charge is 0.418 e. The largest absolute Gasteiger partial charge is 0.449 e. The van der Waals surface area contributed by atoms with Crippen LogP contribution in [0.15, 0.2) is 41.3 Å². The number of esters is 1. The van der Waals surface area contributed by atoms with Crippen LogP contribution in [-0.2, 0) is 15.7 Å². The number of alkyl halides is 3. The molecule has 160 valence electrons. The van der Waals surface area contributed by atoms with Crippen molar-refractivity contribution < 1.29 is 32.4 Å². The van der Waals surface area contributed by atoms with Crippen LogP contribution in [0.5, 0.6) is 0 Å². The first kappa shape index (κ1) is 23.5. The molecule has 0 saturated carbocycles. The molecule has 7 nitrogen and oxygen atoms in total. The molecule has 0 aromatic heterocycles. The predicted molar refractivity (Wildman–Crippen MR) is 105 cm³/mol. The maximum Gasteiger partial charge on any atom is 0.418 e. The lowest BCUT2D eigenvalue weighted by Gasteiger charge is -2.17. The zero-order valence-electron chi connectivity index (χ0n) is 15.5. The number of non-ortho nitro benzene ring substituents is 1. The number of nitrogens with zero attached hydrogens (tertiary/aromatic N) is 1. The van der Waals surface area contributed by atoms with Crippen LogP contribution < -0.4 is 5.32 Å². The van der Waals surface area contributed by atoms with Gasteiger partial charge in [0.25, 0.3) is 11.6 Å². The quantitative estimate of drug-likeness (QED) is 0.275. The molecule has 1 N–H and O–H groups in total. The van der Waals surface area contributed by atoms with Crippen molar-refractivity contribution in [1.29, 1.82) is 0 Å². The van der Waals surface area contributed by atoms with Crippen molar-refractivity contribution in [2.24, 2.45) is 0 Å². The average Bonchev–Trinajstić information content (AvgIpc) is 2.67. The number of halogens is 4. The van der Waals surface area contributed by atoms with Gasteiger partial charge in [-0.25, -0.2) is 4.79 Å². The predicted octanol–water partition coefficient (Wildman–Crippen LogP) is 5.17. The summed E-state index contributed by atoms with van der Waals surface area (Å²) in [5, 5.41) is 12.8. The highest BCUT2D eigenvalue weighted by atomic mass is 35.5. The van der Waals surface area contributed by atoms with E-state index < -0.39 is 46.0 Å².